The number of ether oxygens (including phenoxy) is 1. The third kappa shape index (κ3) is 5.07. The highest BCUT2D eigenvalue weighted by Gasteiger charge is 2.07. The fraction of sp³-hybridized carbons (Fsp3) is 0.643. The maximum Gasteiger partial charge on any atom is 0.215 e. The van der Waals surface area contributed by atoms with Gasteiger partial charge in [-0.3, -0.25) is 0 Å². The zero-order chi connectivity index (χ0) is 12.5. The number of hydrogen-bond donors (Lipinski definition) is 1. The minimum absolute atomic E-state index is 0.648. The normalized spacial score (nSPS) is 12.2. The van der Waals surface area contributed by atoms with E-state index in [1.54, 1.807) is 0 Å². The molecule has 3 heteroatoms. The topological polar surface area (TPSA) is 34.1 Å². The first-order valence-corrected chi connectivity index (χ1v) is 6.57. The predicted octanol–water partition coefficient (Wildman–Crippen LogP) is 3.72. The largest absolute Gasteiger partial charge is 0.477 e. The van der Waals surface area contributed by atoms with Crippen molar-refractivity contribution in [1.29, 1.82) is 0 Å². The molecule has 1 N–H and O–H groups in total. The highest BCUT2D eigenvalue weighted by Crippen LogP contribution is 2.16. The van der Waals surface area contributed by atoms with Gasteiger partial charge in [-0.1, -0.05) is 39.2 Å². The second-order valence-corrected chi connectivity index (χ2v) is 4.34. The van der Waals surface area contributed by atoms with Crippen LogP contribution in [0.5, 0.6) is 5.88 Å². The quantitative estimate of drug-likeness (QED) is 0.747. The molecule has 1 atom stereocenters. The van der Waals surface area contributed by atoms with E-state index in [1.165, 1.54) is 25.7 Å². The fourth-order valence-electron chi connectivity index (χ4n) is 1.74. The van der Waals surface area contributed by atoms with Crippen LogP contribution in [0.2, 0.25) is 0 Å². The monoisotopic (exact) mass is 236 g/mol. The van der Waals surface area contributed by atoms with E-state index < -0.39 is 0 Å². The molecule has 96 valence electrons. The maximum atomic E-state index is 5.75. The highest BCUT2D eigenvalue weighted by molar-refractivity contribution is 5.35. The number of hydrogen-bond acceptors (Lipinski definition) is 3. The summed E-state index contributed by atoms with van der Waals surface area (Å²) in [6.07, 6.45) is 4.96. The minimum atomic E-state index is 0.648. The Balaban J connectivity index is 2.41. The number of aromatic nitrogens is 1. The molecule has 0 spiro atoms. The van der Waals surface area contributed by atoms with Crippen molar-refractivity contribution in [2.24, 2.45) is 5.92 Å². The molecule has 0 aliphatic carbocycles. The van der Waals surface area contributed by atoms with Gasteiger partial charge in [0, 0.05) is 13.1 Å². The summed E-state index contributed by atoms with van der Waals surface area (Å²) in [5.41, 5.74) is 0. The predicted molar refractivity (Wildman–Crippen MR) is 72.6 cm³/mol. The first-order chi connectivity index (χ1) is 8.30. The molecule has 0 saturated heterocycles. The van der Waals surface area contributed by atoms with Crippen LogP contribution in [0.15, 0.2) is 18.2 Å². The SMILES string of the molecule is CCCCC(CC)COc1cccc(NC)n1. The molecule has 1 aromatic heterocycles. The van der Waals surface area contributed by atoms with Gasteiger partial charge in [0.05, 0.1) is 6.61 Å². The van der Waals surface area contributed by atoms with E-state index >= 15 is 0 Å². The van der Waals surface area contributed by atoms with Gasteiger partial charge in [0.1, 0.15) is 5.82 Å². The summed E-state index contributed by atoms with van der Waals surface area (Å²) < 4.78 is 5.75. The van der Waals surface area contributed by atoms with E-state index in [1.807, 2.05) is 25.2 Å². The Labute approximate surface area is 105 Å². The molecule has 0 bridgehead atoms. The maximum absolute atomic E-state index is 5.75. The van der Waals surface area contributed by atoms with Crippen LogP contribution in [0.4, 0.5) is 5.82 Å². The summed E-state index contributed by atoms with van der Waals surface area (Å²) in [6, 6.07) is 5.80. The van der Waals surface area contributed by atoms with Crippen molar-refractivity contribution in [2.75, 3.05) is 19.0 Å². The Morgan fingerprint density at radius 1 is 1.35 bits per heavy atom. The standard InChI is InChI=1S/C14H24N2O/c1-4-6-8-12(5-2)11-17-14-10-7-9-13(15-3)16-14/h7,9-10,12H,4-6,8,11H2,1-3H3,(H,15,16). The summed E-state index contributed by atoms with van der Waals surface area (Å²) in [6.45, 7) is 5.23. The molecule has 0 aliphatic heterocycles. The van der Waals surface area contributed by atoms with Crippen LogP contribution < -0.4 is 10.1 Å². The van der Waals surface area contributed by atoms with Crippen LogP contribution in [-0.4, -0.2) is 18.6 Å². The molecule has 0 amide bonds. The smallest absolute Gasteiger partial charge is 0.215 e. The van der Waals surface area contributed by atoms with Crippen LogP contribution in [0.3, 0.4) is 0 Å². The molecule has 1 unspecified atom stereocenters. The Hall–Kier alpha value is -1.25. The van der Waals surface area contributed by atoms with E-state index in [0.29, 0.717) is 11.8 Å². The van der Waals surface area contributed by atoms with Gasteiger partial charge < -0.3 is 10.1 Å². The van der Waals surface area contributed by atoms with E-state index in [9.17, 15) is 0 Å². The van der Waals surface area contributed by atoms with Crippen LogP contribution in [0, 0.1) is 5.92 Å². The number of nitrogens with zero attached hydrogens (tertiary/aromatic N) is 1. The van der Waals surface area contributed by atoms with Crippen molar-refractivity contribution in [3.63, 3.8) is 0 Å². The van der Waals surface area contributed by atoms with Gasteiger partial charge in [-0.2, -0.15) is 4.98 Å². The van der Waals surface area contributed by atoms with Gasteiger partial charge in [0.25, 0.3) is 0 Å². The zero-order valence-corrected chi connectivity index (χ0v) is 11.2. The lowest BCUT2D eigenvalue weighted by Gasteiger charge is -2.15. The van der Waals surface area contributed by atoms with E-state index in [0.717, 1.165) is 12.4 Å². The van der Waals surface area contributed by atoms with Crippen LogP contribution >= 0.6 is 0 Å². The first-order valence-electron chi connectivity index (χ1n) is 6.57. The van der Waals surface area contributed by atoms with Crippen molar-refractivity contribution in [3.05, 3.63) is 18.2 Å². The molecule has 1 aromatic rings. The van der Waals surface area contributed by atoms with Gasteiger partial charge in [0.2, 0.25) is 5.88 Å². The second-order valence-electron chi connectivity index (χ2n) is 4.34. The molecule has 0 fully saturated rings. The van der Waals surface area contributed by atoms with Gasteiger partial charge in [0.15, 0.2) is 0 Å². The highest BCUT2D eigenvalue weighted by atomic mass is 16.5. The molecule has 3 nitrogen and oxygen atoms in total. The minimum Gasteiger partial charge on any atom is -0.477 e. The van der Waals surface area contributed by atoms with Crippen molar-refractivity contribution in [2.45, 2.75) is 39.5 Å². The lowest BCUT2D eigenvalue weighted by atomic mass is 10.0. The molecular weight excluding hydrogens is 212 g/mol. The lowest BCUT2D eigenvalue weighted by Crippen LogP contribution is -2.12. The fourth-order valence-corrected chi connectivity index (χ4v) is 1.74. The van der Waals surface area contributed by atoms with Crippen molar-refractivity contribution < 1.29 is 4.74 Å². The second kappa shape index (κ2) is 7.93. The average molecular weight is 236 g/mol. The van der Waals surface area contributed by atoms with E-state index in [2.05, 4.69) is 24.1 Å². The van der Waals surface area contributed by atoms with Gasteiger partial charge >= 0.3 is 0 Å². The van der Waals surface area contributed by atoms with Crippen molar-refractivity contribution in [1.82, 2.24) is 4.98 Å². The molecule has 0 aromatic carbocycles. The molecule has 0 saturated carbocycles. The van der Waals surface area contributed by atoms with E-state index in [-0.39, 0.29) is 0 Å². The Morgan fingerprint density at radius 2 is 2.18 bits per heavy atom. The molecular formula is C14H24N2O. The molecule has 1 heterocycles. The van der Waals surface area contributed by atoms with Crippen molar-refractivity contribution in [3.8, 4) is 5.88 Å². The summed E-state index contributed by atoms with van der Waals surface area (Å²) in [5.74, 6) is 2.21. The number of unbranched alkanes of at least 4 members (excludes halogenated alkanes) is 1. The molecule has 0 aliphatic rings. The summed E-state index contributed by atoms with van der Waals surface area (Å²) in [4.78, 5) is 4.34. The van der Waals surface area contributed by atoms with Crippen LogP contribution in [0.1, 0.15) is 39.5 Å². The number of pyridine rings is 1. The zero-order valence-electron chi connectivity index (χ0n) is 11.2. The van der Waals surface area contributed by atoms with Gasteiger partial charge in [-0.05, 0) is 18.4 Å². The lowest BCUT2D eigenvalue weighted by molar-refractivity contribution is 0.226. The average Bonchev–Trinajstić information content (AvgIpc) is 2.39. The van der Waals surface area contributed by atoms with Crippen molar-refractivity contribution >= 4 is 5.82 Å². The summed E-state index contributed by atoms with van der Waals surface area (Å²) >= 11 is 0. The Morgan fingerprint density at radius 3 is 2.82 bits per heavy atom. The van der Waals surface area contributed by atoms with Crippen LogP contribution in [0.25, 0.3) is 0 Å². The van der Waals surface area contributed by atoms with Gasteiger partial charge in [-0.25, -0.2) is 0 Å². The molecule has 0 radical (unpaired) electrons. The molecule has 17 heavy (non-hydrogen) atoms. The number of nitrogens with one attached hydrogen (secondary N) is 1. The van der Waals surface area contributed by atoms with Gasteiger partial charge in [-0.15, -0.1) is 0 Å². The Bertz CT molecular complexity index is 315. The third-order valence-corrected chi connectivity index (χ3v) is 2.99. The van der Waals surface area contributed by atoms with E-state index in [4.69, 9.17) is 4.74 Å². The summed E-state index contributed by atoms with van der Waals surface area (Å²) in [5, 5.41) is 3.01. The summed E-state index contributed by atoms with van der Waals surface area (Å²) in [7, 11) is 1.86. The first kappa shape index (κ1) is 13.8. The number of anilines is 1. The van der Waals surface area contributed by atoms with Crippen LogP contribution in [-0.2, 0) is 0 Å². The molecule has 1 rings (SSSR count). The Kier molecular flexibility index (Phi) is 6.45. The number of rotatable bonds is 8. The third-order valence-electron chi connectivity index (χ3n) is 2.99.